The minimum atomic E-state index is 0.473. The number of nitrogen functional groups attached to an aromatic ring is 1. The summed E-state index contributed by atoms with van der Waals surface area (Å²) in [6.45, 7) is 0. The Kier molecular flexibility index (Phi) is 4.22. The van der Waals surface area contributed by atoms with Crippen LogP contribution in [-0.4, -0.2) is 17.0 Å². The number of nitrogens with one attached hydrogen (secondary N) is 1. The first-order chi connectivity index (χ1) is 12.7. The summed E-state index contributed by atoms with van der Waals surface area (Å²) in [4.78, 5) is 14.0. The smallest absolute Gasteiger partial charge is 0.310 e. The molecule has 0 amide bonds. The van der Waals surface area contributed by atoms with Crippen LogP contribution < -0.4 is 11.1 Å². The second-order valence-corrected chi connectivity index (χ2v) is 6.70. The van der Waals surface area contributed by atoms with Crippen molar-refractivity contribution < 1.29 is 0 Å². The lowest BCUT2D eigenvalue weighted by Crippen LogP contribution is -1.96. The zero-order valence-electron chi connectivity index (χ0n) is 14.1. The van der Waals surface area contributed by atoms with Gasteiger partial charge in [0.25, 0.3) is 7.05 Å². The third-order valence-corrected chi connectivity index (χ3v) is 4.77. The van der Waals surface area contributed by atoms with Crippen LogP contribution in [0.3, 0.4) is 0 Å². The standard InChI is InChI=1S/C20H16N5S/c1-22-12-13-6-5-7-14(10-13)19-24-18(21)16-11-17(26-20(16)25-19)23-15-8-3-2-4-9-15/h2-11,23H,1H3,(H2,21,24,25)/q+1. The number of thiophene rings is 1. The number of para-hydroxylation sites is 1. The highest BCUT2D eigenvalue weighted by Gasteiger charge is 2.12. The molecule has 3 N–H and O–H groups in total. The first-order valence-corrected chi connectivity index (χ1v) is 8.89. The largest absolute Gasteiger partial charge is 0.383 e. The van der Waals surface area contributed by atoms with Crippen molar-refractivity contribution in [2.24, 2.45) is 0 Å². The lowest BCUT2D eigenvalue weighted by molar-refractivity contribution is 1.24. The van der Waals surface area contributed by atoms with E-state index in [1.807, 2.05) is 60.7 Å². The van der Waals surface area contributed by atoms with Gasteiger partial charge in [0.05, 0.1) is 10.4 Å². The van der Waals surface area contributed by atoms with Crippen LogP contribution in [0.2, 0.25) is 0 Å². The van der Waals surface area contributed by atoms with Crippen LogP contribution in [0, 0.1) is 6.07 Å². The van der Waals surface area contributed by atoms with Gasteiger partial charge in [0.1, 0.15) is 16.2 Å². The van der Waals surface area contributed by atoms with Crippen molar-refractivity contribution >= 4 is 38.1 Å². The molecule has 126 valence electrons. The molecule has 0 spiro atoms. The fourth-order valence-electron chi connectivity index (χ4n) is 2.65. The molecule has 26 heavy (non-hydrogen) atoms. The van der Waals surface area contributed by atoms with Crippen molar-refractivity contribution in [3.05, 3.63) is 71.1 Å². The Labute approximate surface area is 155 Å². The van der Waals surface area contributed by atoms with Crippen LogP contribution in [-0.2, 0) is 0 Å². The van der Waals surface area contributed by atoms with E-state index in [2.05, 4.69) is 21.2 Å². The molecule has 0 unspecified atom stereocenters. The Morgan fingerprint density at radius 3 is 2.69 bits per heavy atom. The van der Waals surface area contributed by atoms with Gasteiger partial charge in [-0.2, -0.15) is 0 Å². The average Bonchev–Trinajstić information content (AvgIpc) is 3.06. The minimum absolute atomic E-state index is 0.473. The van der Waals surface area contributed by atoms with Gasteiger partial charge >= 0.3 is 6.07 Å². The van der Waals surface area contributed by atoms with Crippen molar-refractivity contribution in [1.82, 2.24) is 9.97 Å². The summed E-state index contributed by atoms with van der Waals surface area (Å²) in [5.74, 6) is 1.07. The van der Waals surface area contributed by atoms with Gasteiger partial charge in [-0.3, -0.25) is 0 Å². The second kappa shape index (κ2) is 6.82. The highest BCUT2D eigenvalue weighted by molar-refractivity contribution is 7.22. The normalized spacial score (nSPS) is 10.3. The molecule has 0 bridgehead atoms. The van der Waals surface area contributed by atoms with E-state index in [1.165, 1.54) is 0 Å². The molecule has 0 saturated heterocycles. The second-order valence-electron chi connectivity index (χ2n) is 5.67. The zero-order chi connectivity index (χ0) is 17.9. The summed E-state index contributed by atoms with van der Waals surface area (Å²) in [6.07, 6.45) is 0. The molecule has 5 nitrogen and oxygen atoms in total. The van der Waals surface area contributed by atoms with Crippen molar-refractivity contribution in [3.8, 4) is 17.5 Å². The fraction of sp³-hybridized carbons (Fsp3) is 0.0500. The van der Waals surface area contributed by atoms with E-state index in [0.29, 0.717) is 11.6 Å². The van der Waals surface area contributed by atoms with Crippen LogP contribution in [0.1, 0.15) is 5.56 Å². The summed E-state index contributed by atoms with van der Waals surface area (Å²) in [5, 5.41) is 5.21. The average molecular weight is 358 g/mol. The van der Waals surface area contributed by atoms with E-state index in [9.17, 15) is 0 Å². The van der Waals surface area contributed by atoms with Crippen molar-refractivity contribution in [1.29, 1.82) is 0 Å². The molecular weight excluding hydrogens is 342 g/mol. The molecule has 0 aliphatic heterocycles. The summed E-state index contributed by atoms with van der Waals surface area (Å²) in [6, 6.07) is 22.7. The van der Waals surface area contributed by atoms with Crippen molar-refractivity contribution in [2.45, 2.75) is 0 Å². The SMILES string of the molecule is C[N+]#Cc1cccc(-c2nc(N)c3cc(Nc4ccccc4)sc3n2)c1. The number of rotatable bonds is 3. The molecule has 4 rings (SSSR count). The van der Waals surface area contributed by atoms with Gasteiger partial charge in [0.2, 0.25) is 0 Å². The molecule has 2 heterocycles. The molecule has 0 fully saturated rings. The summed E-state index contributed by atoms with van der Waals surface area (Å²) in [7, 11) is 1.69. The fourth-order valence-corrected chi connectivity index (χ4v) is 3.61. The Hall–Kier alpha value is -3.43. The van der Waals surface area contributed by atoms with E-state index >= 15 is 0 Å². The Morgan fingerprint density at radius 1 is 1.04 bits per heavy atom. The highest BCUT2D eigenvalue weighted by atomic mass is 32.1. The Bertz CT molecular complexity index is 1140. The van der Waals surface area contributed by atoms with Crippen LogP contribution in [0.25, 0.3) is 26.4 Å². The van der Waals surface area contributed by atoms with Crippen molar-refractivity contribution in [2.75, 3.05) is 18.1 Å². The molecule has 4 aromatic rings. The number of benzene rings is 2. The molecular formula is C20H16N5S+. The summed E-state index contributed by atoms with van der Waals surface area (Å²) in [5.41, 5.74) is 8.98. The van der Waals surface area contributed by atoms with Crippen LogP contribution in [0.15, 0.2) is 60.7 Å². The highest BCUT2D eigenvalue weighted by Crippen LogP contribution is 2.34. The van der Waals surface area contributed by atoms with Gasteiger partial charge in [-0.1, -0.05) is 46.5 Å². The zero-order valence-corrected chi connectivity index (χ0v) is 14.9. The number of nitrogens with two attached hydrogens (primary N) is 1. The topological polar surface area (TPSA) is 68.2 Å². The number of anilines is 3. The van der Waals surface area contributed by atoms with E-state index in [0.717, 1.165) is 32.0 Å². The molecule has 0 aliphatic rings. The maximum Gasteiger partial charge on any atom is 0.310 e. The molecule has 6 heteroatoms. The summed E-state index contributed by atoms with van der Waals surface area (Å²) < 4.78 is 0. The van der Waals surface area contributed by atoms with Gasteiger partial charge in [-0.15, -0.1) is 0 Å². The minimum Gasteiger partial charge on any atom is -0.383 e. The molecule has 0 radical (unpaired) electrons. The maximum atomic E-state index is 6.19. The lowest BCUT2D eigenvalue weighted by atomic mass is 10.1. The molecule has 2 aromatic carbocycles. The molecule has 0 atom stereocenters. The first-order valence-electron chi connectivity index (χ1n) is 8.07. The number of fused-ring (bicyclic) bond motifs is 1. The predicted molar refractivity (Wildman–Crippen MR) is 109 cm³/mol. The first kappa shape index (κ1) is 16.1. The lowest BCUT2D eigenvalue weighted by Gasteiger charge is -2.02. The van der Waals surface area contributed by atoms with Gasteiger partial charge in [-0.25, -0.2) is 9.97 Å². The van der Waals surface area contributed by atoms with Gasteiger partial charge in [-0.05, 0) is 30.3 Å². The number of aromatic nitrogens is 2. The number of hydrogen-bond acceptors (Lipinski definition) is 5. The van der Waals surface area contributed by atoms with Crippen LogP contribution >= 0.6 is 11.3 Å². The van der Waals surface area contributed by atoms with E-state index in [1.54, 1.807) is 18.4 Å². The Balaban J connectivity index is 1.74. The predicted octanol–water partition coefficient (Wildman–Crippen LogP) is 4.99. The van der Waals surface area contributed by atoms with Gasteiger partial charge < -0.3 is 11.1 Å². The third kappa shape index (κ3) is 3.21. The van der Waals surface area contributed by atoms with Crippen LogP contribution in [0.4, 0.5) is 16.5 Å². The van der Waals surface area contributed by atoms with E-state index in [4.69, 9.17) is 10.7 Å². The maximum absolute atomic E-state index is 6.19. The summed E-state index contributed by atoms with van der Waals surface area (Å²) >= 11 is 1.55. The molecule has 0 saturated carbocycles. The Morgan fingerprint density at radius 2 is 1.88 bits per heavy atom. The number of nitrogens with zero attached hydrogens (tertiary/aromatic N) is 3. The van der Waals surface area contributed by atoms with E-state index < -0.39 is 0 Å². The van der Waals surface area contributed by atoms with Gasteiger partial charge in [0.15, 0.2) is 5.82 Å². The molecule has 2 aromatic heterocycles. The van der Waals surface area contributed by atoms with Crippen molar-refractivity contribution in [3.63, 3.8) is 0 Å². The number of hydrogen-bond donors (Lipinski definition) is 2. The third-order valence-electron chi connectivity index (χ3n) is 3.83. The quantitative estimate of drug-likeness (QED) is 0.541. The molecule has 0 aliphatic carbocycles. The monoisotopic (exact) mass is 358 g/mol. The van der Waals surface area contributed by atoms with E-state index in [-0.39, 0.29) is 0 Å². The van der Waals surface area contributed by atoms with Gasteiger partial charge in [0, 0.05) is 11.3 Å². The van der Waals surface area contributed by atoms with Crippen LogP contribution in [0.5, 0.6) is 0 Å².